The molecule has 0 aliphatic rings. The first-order chi connectivity index (χ1) is 9.06. The molecular weight excluding hydrogens is 260 g/mol. The summed E-state index contributed by atoms with van der Waals surface area (Å²) in [6, 6.07) is 7.19. The van der Waals surface area contributed by atoms with Gasteiger partial charge in [-0.15, -0.1) is 0 Å². The molecular formula is C14H20N2O2S. The molecule has 0 saturated heterocycles. The summed E-state index contributed by atoms with van der Waals surface area (Å²) >= 11 is 4.94. The predicted molar refractivity (Wildman–Crippen MR) is 80.4 cm³/mol. The number of rotatable bonds is 7. The van der Waals surface area contributed by atoms with E-state index in [0.717, 1.165) is 19.4 Å². The number of nitrogens with two attached hydrogens (primary N) is 1. The lowest BCUT2D eigenvalue weighted by atomic mass is 10.2. The highest BCUT2D eigenvalue weighted by Crippen LogP contribution is 2.17. The van der Waals surface area contributed by atoms with Gasteiger partial charge in [-0.05, 0) is 18.6 Å². The van der Waals surface area contributed by atoms with E-state index in [4.69, 9.17) is 22.7 Å². The van der Waals surface area contributed by atoms with Crippen LogP contribution in [0, 0.1) is 0 Å². The maximum atomic E-state index is 11.8. The van der Waals surface area contributed by atoms with Crippen LogP contribution in [0.15, 0.2) is 24.3 Å². The molecule has 5 heteroatoms. The number of para-hydroxylation sites is 1. The molecule has 0 fully saturated rings. The van der Waals surface area contributed by atoms with Crippen LogP contribution in [0.25, 0.3) is 0 Å². The zero-order chi connectivity index (χ0) is 14.3. The third-order valence-corrected chi connectivity index (χ3v) is 3.00. The van der Waals surface area contributed by atoms with Crippen molar-refractivity contribution in [2.24, 2.45) is 5.73 Å². The van der Waals surface area contributed by atoms with E-state index in [-0.39, 0.29) is 17.5 Å². The smallest absolute Gasteiger partial charge is 0.260 e. The number of carbonyl (C=O) groups is 1. The van der Waals surface area contributed by atoms with Gasteiger partial charge in [-0.3, -0.25) is 4.79 Å². The molecule has 19 heavy (non-hydrogen) atoms. The van der Waals surface area contributed by atoms with Crippen molar-refractivity contribution in [2.75, 3.05) is 20.2 Å². The molecule has 0 radical (unpaired) electrons. The minimum atomic E-state index is -0.0498. The van der Waals surface area contributed by atoms with Crippen LogP contribution in [0.3, 0.4) is 0 Å². The fraction of sp³-hybridized carbons (Fsp3) is 0.429. The lowest BCUT2D eigenvalue weighted by Gasteiger charge is -2.17. The third kappa shape index (κ3) is 4.87. The number of benzene rings is 1. The fourth-order valence-corrected chi connectivity index (χ4v) is 1.73. The number of amides is 1. The van der Waals surface area contributed by atoms with Crippen molar-refractivity contribution in [3.8, 4) is 5.75 Å². The van der Waals surface area contributed by atoms with Crippen molar-refractivity contribution >= 4 is 23.1 Å². The summed E-state index contributed by atoms with van der Waals surface area (Å²) in [5.41, 5.74) is 6.26. The molecule has 0 spiro atoms. The molecule has 1 aromatic rings. The van der Waals surface area contributed by atoms with Gasteiger partial charge in [0, 0.05) is 13.6 Å². The van der Waals surface area contributed by atoms with Gasteiger partial charge in [0.15, 0.2) is 6.61 Å². The Morgan fingerprint density at radius 2 is 2.11 bits per heavy atom. The number of ether oxygens (including phenoxy) is 1. The Morgan fingerprint density at radius 1 is 1.42 bits per heavy atom. The predicted octanol–water partition coefficient (Wildman–Crippen LogP) is 1.96. The molecule has 4 nitrogen and oxygen atoms in total. The standard InChI is InChI=1S/C14H20N2O2S/c1-3-4-9-16(2)13(17)10-18-12-8-6-5-7-11(12)14(15)19/h5-8H,3-4,9-10H2,1-2H3,(H2,15,19). The summed E-state index contributed by atoms with van der Waals surface area (Å²) in [4.78, 5) is 13.8. The minimum absolute atomic E-state index is 0.000158. The molecule has 1 aromatic carbocycles. The highest BCUT2D eigenvalue weighted by Gasteiger charge is 2.11. The first kappa shape index (κ1) is 15.4. The molecule has 0 saturated carbocycles. The van der Waals surface area contributed by atoms with Crippen LogP contribution >= 0.6 is 12.2 Å². The molecule has 0 aromatic heterocycles. The fourth-order valence-electron chi connectivity index (χ4n) is 1.57. The van der Waals surface area contributed by atoms with Crippen LogP contribution in [-0.2, 0) is 4.79 Å². The molecule has 1 rings (SSSR count). The number of carbonyl (C=O) groups excluding carboxylic acids is 1. The number of hydrogen-bond donors (Lipinski definition) is 1. The Hall–Kier alpha value is -1.62. The number of hydrogen-bond acceptors (Lipinski definition) is 3. The molecule has 104 valence electrons. The minimum Gasteiger partial charge on any atom is -0.483 e. The van der Waals surface area contributed by atoms with Gasteiger partial charge >= 0.3 is 0 Å². The highest BCUT2D eigenvalue weighted by molar-refractivity contribution is 7.80. The molecule has 0 bridgehead atoms. The van der Waals surface area contributed by atoms with Gasteiger partial charge in [0.05, 0.1) is 5.56 Å². The number of nitrogens with zero attached hydrogens (tertiary/aromatic N) is 1. The summed E-state index contributed by atoms with van der Waals surface area (Å²) in [7, 11) is 1.78. The monoisotopic (exact) mass is 280 g/mol. The normalized spacial score (nSPS) is 10.0. The van der Waals surface area contributed by atoms with Gasteiger partial charge in [0.2, 0.25) is 0 Å². The SMILES string of the molecule is CCCCN(C)C(=O)COc1ccccc1C(N)=S. The van der Waals surface area contributed by atoms with Crippen LogP contribution < -0.4 is 10.5 Å². The van der Waals surface area contributed by atoms with Gasteiger partial charge < -0.3 is 15.4 Å². The first-order valence-electron chi connectivity index (χ1n) is 6.31. The maximum Gasteiger partial charge on any atom is 0.260 e. The van der Waals surface area contributed by atoms with Crippen LogP contribution in [0.1, 0.15) is 25.3 Å². The zero-order valence-electron chi connectivity index (χ0n) is 11.4. The van der Waals surface area contributed by atoms with Crippen molar-refractivity contribution < 1.29 is 9.53 Å². The molecule has 0 aliphatic carbocycles. The average Bonchev–Trinajstić information content (AvgIpc) is 2.42. The van der Waals surface area contributed by atoms with Gasteiger partial charge in [0.25, 0.3) is 5.91 Å². The van der Waals surface area contributed by atoms with E-state index in [2.05, 4.69) is 6.92 Å². The maximum absolute atomic E-state index is 11.8. The molecule has 0 unspecified atom stereocenters. The van der Waals surface area contributed by atoms with Crippen molar-refractivity contribution in [3.63, 3.8) is 0 Å². The van der Waals surface area contributed by atoms with E-state index in [0.29, 0.717) is 11.3 Å². The summed E-state index contributed by atoms with van der Waals surface area (Å²) < 4.78 is 5.50. The molecule has 0 aliphatic heterocycles. The Bertz CT molecular complexity index is 449. The summed E-state index contributed by atoms with van der Waals surface area (Å²) in [5.74, 6) is 0.499. The van der Waals surface area contributed by atoms with Crippen LogP contribution in [-0.4, -0.2) is 36.0 Å². The summed E-state index contributed by atoms with van der Waals surface area (Å²) in [6.45, 7) is 2.84. The van der Waals surface area contributed by atoms with Crippen LogP contribution in [0.2, 0.25) is 0 Å². The average molecular weight is 280 g/mol. The van der Waals surface area contributed by atoms with Gasteiger partial charge in [-0.25, -0.2) is 0 Å². The second kappa shape index (κ2) is 7.74. The highest BCUT2D eigenvalue weighted by atomic mass is 32.1. The Balaban J connectivity index is 2.57. The first-order valence-corrected chi connectivity index (χ1v) is 6.72. The van der Waals surface area contributed by atoms with E-state index in [1.54, 1.807) is 24.1 Å². The third-order valence-electron chi connectivity index (χ3n) is 2.78. The van der Waals surface area contributed by atoms with Gasteiger partial charge in [0.1, 0.15) is 10.7 Å². The van der Waals surface area contributed by atoms with Crippen molar-refractivity contribution in [2.45, 2.75) is 19.8 Å². The van der Waals surface area contributed by atoms with Crippen LogP contribution in [0.4, 0.5) is 0 Å². The number of unbranched alkanes of at least 4 members (excludes halogenated alkanes) is 1. The molecule has 0 atom stereocenters. The van der Waals surface area contributed by atoms with E-state index >= 15 is 0 Å². The van der Waals surface area contributed by atoms with E-state index in [1.807, 2.05) is 12.1 Å². The molecule has 2 N–H and O–H groups in total. The van der Waals surface area contributed by atoms with Crippen molar-refractivity contribution in [1.29, 1.82) is 0 Å². The summed E-state index contributed by atoms with van der Waals surface area (Å²) in [6.07, 6.45) is 2.05. The van der Waals surface area contributed by atoms with Gasteiger partial charge in [-0.2, -0.15) is 0 Å². The lowest BCUT2D eigenvalue weighted by Crippen LogP contribution is -2.32. The van der Waals surface area contributed by atoms with Crippen molar-refractivity contribution in [1.82, 2.24) is 4.90 Å². The Kier molecular flexibility index (Phi) is 6.29. The second-order valence-electron chi connectivity index (χ2n) is 4.32. The quantitative estimate of drug-likeness (QED) is 0.776. The molecule has 0 heterocycles. The number of thiocarbonyl (C=S) groups is 1. The van der Waals surface area contributed by atoms with Crippen molar-refractivity contribution in [3.05, 3.63) is 29.8 Å². The van der Waals surface area contributed by atoms with E-state index in [9.17, 15) is 4.79 Å². The van der Waals surface area contributed by atoms with Crippen LogP contribution in [0.5, 0.6) is 5.75 Å². The Morgan fingerprint density at radius 3 is 2.74 bits per heavy atom. The topological polar surface area (TPSA) is 55.6 Å². The number of likely N-dealkylation sites (N-methyl/N-ethyl adjacent to an activating group) is 1. The zero-order valence-corrected chi connectivity index (χ0v) is 12.2. The largest absolute Gasteiger partial charge is 0.483 e. The summed E-state index contributed by atoms with van der Waals surface area (Å²) in [5, 5.41) is 0. The van der Waals surface area contributed by atoms with E-state index in [1.165, 1.54) is 0 Å². The van der Waals surface area contributed by atoms with E-state index < -0.39 is 0 Å². The second-order valence-corrected chi connectivity index (χ2v) is 4.76. The van der Waals surface area contributed by atoms with Gasteiger partial charge in [-0.1, -0.05) is 37.7 Å². The Labute approximate surface area is 119 Å². The molecule has 1 amide bonds. The lowest BCUT2D eigenvalue weighted by molar-refractivity contribution is -0.132.